The van der Waals surface area contributed by atoms with Crippen LogP contribution in [0, 0.1) is 0 Å². The highest BCUT2D eigenvalue weighted by Gasteiger charge is 2.28. The largest absolute Gasteiger partial charge is 0.506 e. The Morgan fingerprint density at radius 1 is 1.63 bits per heavy atom. The fraction of sp³-hybridized carbons (Fsp3) is 0.462. The first-order chi connectivity index (χ1) is 9.11. The lowest BCUT2D eigenvalue weighted by Crippen LogP contribution is -2.52. The second kappa shape index (κ2) is 5.90. The molecule has 0 saturated carbocycles. The molecule has 1 aromatic rings. The van der Waals surface area contributed by atoms with Crippen molar-refractivity contribution in [2.45, 2.75) is 12.6 Å². The van der Waals surface area contributed by atoms with Gasteiger partial charge in [0.2, 0.25) is 5.91 Å². The van der Waals surface area contributed by atoms with Gasteiger partial charge in [-0.2, -0.15) is 0 Å². The number of ether oxygens (including phenoxy) is 1. The highest BCUT2D eigenvalue weighted by Crippen LogP contribution is 2.22. The van der Waals surface area contributed by atoms with Crippen LogP contribution in [0.5, 0.6) is 5.75 Å². The maximum atomic E-state index is 11.8. The molecular weight excluding hydrogens is 246 g/mol. The van der Waals surface area contributed by atoms with Crippen LogP contribution in [0.15, 0.2) is 18.2 Å². The minimum atomic E-state index is -0.284. The molecule has 0 radical (unpaired) electrons. The van der Waals surface area contributed by atoms with Crippen molar-refractivity contribution in [3.05, 3.63) is 23.8 Å². The second-order valence-electron chi connectivity index (χ2n) is 4.57. The van der Waals surface area contributed by atoms with E-state index in [9.17, 15) is 9.90 Å². The van der Waals surface area contributed by atoms with Gasteiger partial charge in [-0.05, 0) is 17.7 Å². The molecule has 1 unspecified atom stereocenters. The van der Waals surface area contributed by atoms with Gasteiger partial charge in [-0.15, -0.1) is 0 Å². The Kier molecular flexibility index (Phi) is 4.24. The molecule has 104 valence electrons. The van der Waals surface area contributed by atoms with E-state index < -0.39 is 0 Å². The summed E-state index contributed by atoms with van der Waals surface area (Å²) in [6.45, 7) is 2.30. The molecule has 4 N–H and O–H groups in total. The number of carbonyl (C=O) groups is 1. The molecule has 1 aromatic carbocycles. The summed E-state index contributed by atoms with van der Waals surface area (Å²) in [4.78, 5) is 13.8. The van der Waals surface area contributed by atoms with Crippen molar-refractivity contribution in [2.24, 2.45) is 0 Å². The number of phenolic OH excluding ortho intramolecular Hbond substituents is 1. The Morgan fingerprint density at radius 3 is 3.11 bits per heavy atom. The monoisotopic (exact) mass is 265 g/mol. The normalized spacial score (nSPS) is 20.2. The number of nitrogens with one attached hydrogen (secondary N) is 1. The van der Waals surface area contributed by atoms with Gasteiger partial charge in [0, 0.05) is 20.1 Å². The summed E-state index contributed by atoms with van der Waals surface area (Å²) < 4.78 is 5.35. The van der Waals surface area contributed by atoms with Gasteiger partial charge in [0.1, 0.15) is 11.8 Å². The van der Waals surface area contributed by atoms with Gasteiger partial charge in [0.05, 0.1) is 18.9 Å². The van der Waals surface area contributed by atoms with Crippen LogP contribution in [-0.2, 0) is 16.1 Å². The number of aromatic hydroxyl groups is 1. The zero-order valence-corrected chi connectivity index (χ0v) is 10.9. The van der Waals surface area contributed by atoms with E-state index in [0.29, 0.717) is 32.0 Å². The van der Waals surface area contributed by atoms with Gasteiger partial charge in [-0.3, -0.25) is 9.69 Å². The van der Waals surface area contributed by atoms with Crippen LogP contribution in [0.2, 0.25) is 0 Å². The summed E-state index contributed by atoms with van der Waals surface area (Å²) in [6, 6.07) is 4.82. The topological polar surface area (TPSA) is 87.8 Å². The molecule has 0 aliphatic carbocycles. The molecule has 1 saturated heterocycles. The number of benzene rings is 1. The van der Waals surface area contributed by atoms with Crippen LogP contribution in [0.4, 0.5) is 5.69 Å². The Labute approximate surface area is 112 Å². The average Bonchev–Trinajstić information content (AvgIpc) is 2.43. The molecule has 6 nitrogen and oxygen atoms in total. The number of hydrogen-bond acceptors (Lipinski definition) is 5. The van der Waals surface area contributed by atoms with E-state index in [-0.39, 0.29) is 17.7 Å². The third-order valence-corrected chi connectivity index (χ3v) is 3.27. The lowest BCUT2D eigenvalue weighted by atomic mass is 10.1. The van der Waals surface area contributed by atoms with Crippen LogP contribution in [0.3, 0.4) is 0 Å². The Bertz CT molecular complexity index is 464. The molecule has 1 fully saturated rings. The predicted octanol–water partition coefficient (Wildman–Crippen LogP) is -0.0788. The number of amides is 1. The molecule has 1 aliphatic rings. The van der Waals surface area contributed by atoms with Crippen molar-refractivity contribution in [3.8, 4) is 5.75 Å². The number of rotatable bonds is 3. The third-order valence-electron chi connectivity index (χ3n) is 3.27. The third kappa shape index (κ3) is 3.15. The number of phenols is 1. The second-order valence-corrected chi connectivity index (χ2v) is 4.57. The van der Waals surface area contributed by atoms with Crippen molar-refractivity contribution in [3.63, 3.8) is 0 Å². The SMILES string of the molecule is CNC(=O)C1COCCN1Cc1ccc(O)c(N)c1. The highest BCUT2D eigenvalue weighted by atomic mass is 16.5. The van der Waals surface area contributed by atoms with Crippen LogP contribution < -0.4 is 11.1 Å². The first kappa shape index (κ1) is 13.6. The first-order valence-corrected chi connectivity index (χ1v) is 6.22. The zero-order valence-electron chi connectivity index (χ0n) is 10.9. The number of nitrogen functional groups attached to an aromatic ring is 1. The first-order valence-electron chi connectivity index (χ1n) is 6.22. The number of carbonyl (C=O) groups excluding carboxylic acids is 1. The Hall–Kier alpha value is -1.79. The average molecular weight is 265 g/mol. The van der Waals surface area contributed by atoms with E-state index in [1.165, 1.54) is 0 Å². The summed E-state index contributed by atoms with van der Waals surface area (Å²) in [5.41, 5.74) is 6.99. The van der Waals surface area contributed by atoms with Gasteiger partial charge in [-0.25, -0.2) is 0 Å². The summed E-state index contributed by atoms with van der Waals surface area (Å²) in [5, 5.41) is 12.1. The molecule has 2 rings (SSSR count). The number of morpholine rings is 1. The van der Waals surface area contributed by atoms with E-state index in [2.05, 4.69) is 5.32 Å². The fourth-order valence-corrected chi connectivity index (χ4v) is 2.17. The summed E-state index contributed by atoms with van der Waals surface area (Å²) in [5.74, 6) is 0.0278. The molecule has 0 spiro atoms. The lowest BCUT2D eigenvalue weighted by Gasteiger charge is -2.34. The minimum absolute atomic E-state index is 0.0496. The molecule has 0 aromatic heterocycles. The van der Waals surface area contributed by atoms with Gasteiger partial charge < -0.3 is 20.9 Å². The maximum absolute atomic E-state index is 11.8. The molecule has 0 bridgehead atoms. The minimum Gasteiger partial charge on any atom is -0.506 e. The predicted molar refractivity (Wildman–Crippen MR) is 71.6 cm³/mol. The molecule has 6 heteroatoms. The van der Waals surface area contributed by atoms with Crippen molar-refractivity contribution < 1.29 is 14.6 Å². The van der Waals surface area contributed by atoms with E-state index in [1.807, 2.05) is 11.0 Å². The summed E-state index contributed by atoms with van der Waals surface area (Å²) in [6.07, 6.45) is 0. The van der Waals surface area contributed by atoms with Gasteiger partial charge in [-0.1, -0.05) is 6.07 Å². The van der Waals surface area contributed by atoms with Gasteiger partial charge in [0.25, 0.3) is 0 Å². The van der Waals surface area contributed by atoms with E-state index in [1.54, 1.807) is 19.2 Å². The summed E-state index contributed by atoms with van der Waals surface area (Å²) in [7, 11) is 1.62. The number of anilines is 1. The van der Waals surface area contributed by atoms with E-state index in [4.69, 9.17) is 10.5 Å². The lowest BCUT2D eigenvalue weighted by molar-refractivity contribution is -0.132. The van der Waals surface area contributed by atoms with E-state index in [0.717, 1.165) is 5.56 Å². The molecule has 1 aliphatic heterocycles. The smallest absolute Gasteiger partial charge is 0.239 e. The highest BCUT2D eigenvalue weighted by molar-refractivity contribution is 5.81. The van der Waals surface area contributed by atoms with Crippen molar-refractivity contribution >= 4 is 11.6 Å². The Morgan fingerprint density at radius 2 is 2.42 bits per heavy atom. The standard InChI is InChI=1S/C13H19N3O3/c1-15-13(18)11-8-19-5-4-16(11)7-9-2-3-12(17)10(14)6-9/h2-3,6,11,17H,4-5,7-8,14H2,1H3,(H,15,18). The fourth-order valence-electron chi connectivity index (χ4n) is 2.17. The number of hydrogen-bond donors (Lipinski definition) is 3. The number of nitrogens with zero attached hydrogens (tertiary/aromatic N) is 1. The van der Waals surface area contributed by atoms with Crippen LogP contribution in [0.1, 0.15) is 5.56 Å². The van der Waals surface area contributed by atoms with Gasteiger partial charge in [0.15, 0.2) is 0 Å². The van der Waals surface area contributed by atoms with Crippen molar-refractivity contribution in [1.29, 1.82) is 0 Å². The van der Waals surface area contributed by atoms with Crippen molar-refractivity contribution in [1.82, 2.24) is 10.2 Å². The molecule has 1 heterocycles. The van der Waals surface area contributed by atoms with Crippen LogP contribution in [0.25, 0.3) is 0 Å². The van der Waals surface area contributed by atoms with E-state index >= 15 is 0 Å². The molecule has 1 amide bonds. The summed E-state index contributed by atoms with van der Waals surface area (Å²) >= 11 is 0. The van der Waals surface area contributed by atoms with Gasteiger partial charge >= 0.3 is 0 Å². The molecule has 1 atom stereocenters. The van der Waals surface area contributed by atoms with Crippen molar-refractivity contribution in [2.75, 3.05) is 32.5 Å². The van der Waals surface area contributed by atoms with Crippen LogP contribution >= 0.6 is 0 Å². The number of nitrogens with two attached hydrogens (primary N) is 1. The molecule has 19 heavy (non-hydrogen) atoms. The molecular formula is C13H19N3O3. The zero-order chi connectivity index (χ0) is 13.8. The number of likely N-dealkylation sites (N-methyl/N-ethyl adjacent to an activating group) is 1. The Balaban J connectivity index is 2.10. The quantitative estimate of drug-likeness (QED) is 0.525. The van der Waals surface area contributed by atoms with Crippen LogP contribution in [-0.4, -0.2) is 48.8 Å². The maximum Gasteiger partial charge on any atom is 0.239 e.